The number of carbonyl (C=O) groups excluding carboxylic acids is 1. The van der Waals surface area contributed by atoms with Gasteiger partial charge in [-0.25, -0.2) is 8.42 Å². The fourth-order valence-corrected chi connectivity index (χ4v) is 5.58. The van der Waals surface area contributed by atoms with Crippen LogP contribution < -0.4 is 10.2 Å². The van der Waals surface area contributed by atoms with E-state index in [1.807, 2.05) is 25.1 Å². The predicted molar refractivity (Wildman–Crippen MR) is 94.9 cm³/mol. The number of rotatable bonds is 4. The number of piperazine rings is 1. The molecule has 1 aromatic rings. The Balaban J connectivity index is 1.47. The summed E-state index contributed by atoms with van der Waals surface area (Å²) >= 11 is 0. The molecule has 3 rings (SSSR count). The molecule has 2 heterocycles. The second-order valence-electron chi connectivity index (χ2n) is 7.05. The quantitative estimate of drug-likeness (QED) is 0.856. The third-order valence-corrected chi connectivity index (χ3v) is 6.71. The third kappa shape index (κ3) is 4.27. The van der Waals surface area contributed by atoms with Crippen LogP contribution in [-0.4, -0.2) is 69.0 Å². The van der Waals surface area contributed by atoms with E-state index in [9.17, 15) is 13.2 Å². The van der Waals surface area contributed by atoms with Crippen LogP contribution in [-0.2, 0) is 14.6 Å². The van der Waals surface area contributed by atoms with Crippen molar-refractivity contribution in [3.8, 4) is 0 Å². The van der Waals surface area contributed by atoms with Crippen molar-refractivity contribution in [3.63, 3.8) is 0 Å². The number of para-hydroxylation sites is 1. The number of amides is 1. The highest BCUT2D eigenvalue weighted by atomic mass is 32.2. The topological polar surface area (TPSA) is 69.7 Å². The normalized spacial score (nSPS) is 27.1. The predicted octanol–water partition coefficient (Wildman–Crippen LogP) is 0.502. The van der Waals surface area contributed by atoms with Gasteiger partial charge in [-0.15, -0.1) is 0 Å². The largest absolute Gasteiger partial charge is 0.369 e. The molecular formula is C17H25N3O3S. The van der Waals surface area contributed by atoms with E-state index in [1.165, 1.54) is 5.69 Å². The Labute approximate surface area is 143 Å². The lowest BCUT2D eigenvalue weighted by molar-refractivity contribution is -0.123. The highest BCUT2D eigenvalue weighted by Gasteiger charge is 2.39. The van der Waals surface area contributed by atoms with Crippen molar-refractivity contribution >= 4 is 21.4 Å². The van der Waals surface area contributed by atoms with E-state index in [-0.39, 0.29) is 17.4 Å². The van der Waals surface area contributed by atoms with E-state index in [2.05, 4.69) is 27.2 Å². The second-order valence-corrected chi connectivity index (χ2v) is 9.23. The van der Waals surface area contributed by atoms with Gasteiger partial charge in [-0.2, -0.15) is 0 Å². The van der Waals surface area contributed by atoms with E-state index >= 15 is 0 Å². The van der Waals surface area contributed by atoms with Crippen LogP contribution in [0, 0.1) is 0 Å². The molecule has 1 N–H and O–H groups in total. The van der Waals surface area contributed by atoms with Crippen molar-refractivity contribution in [1.82, 2.24) is 10.2 Å². The van der Waals surface area contributed by atoms with Crippen LogP contribution in [0.4, 0.5) is 5.69 Å². The lowest BCUT2D eigenvalue weighted by Crippen LogP contribution is -2.53. The van der Waals surface area contributed by atoms with Gasteiger partial charge >= 0.3 is 0 Å². The van der Waals surface area contributed by atoms with Gasteiger partial charge < -0.3 is 10.2 Å². The van der Waals surface area contributed by atoms with Crippen LogP contribution >= 0.6 is 0 Å². The minimum absolute atomic E-state index is 0.0491. The van der Waals surface area contributed by atoms with Gasteiger partial charge in [-0.3, -0.25) is 9.69 Å². The summed E-state index contributed by atoms with van der Waals surface area (Å²) in [6.45, 7) is 5.60. The molecule has 7 heteroatoms. The number of benzene rings is 1. The Hall–Kier alpha value is -1.60. The van der Waals surface area contributed by atoms with Crippen LogP contribution in [0.5, 0.6) is 0 Å². The molecule has 2 fully saturated rings. The molecule has 1 amide bonds. The maximum Gasteiger partial charge on any atom is 0.234 e. The van der Waals surface area contributed by atoms with Crippen molar-refractivity contribution in [2.45, 2.75) is 18.9 Å². The number of nitrogens with zero attached hydrogens (tertiary/aromatic N) is 2. The summed E-state index contributed by atoms with van der Waals surface area (Å²) in [5.41, 5.74) is 0.604. The van der Waals surface area contributed by atoms with Crippen LogP contribution in [0.2, 0.25) is 0 Å². The Kier molecular flexibility index (Phi) is 4.83. The number of nitrogens with one attached hydrogen (secondary N) is 1. The van der Waals surface area contributed by atoms with E-state index in [4.69, 9.17) is 0 Å². The van der Waals surface area contributed by atoms with Crippen LogP contribution in [0.3, 0.4) is 0 Å². The summed E-state index contributed by atoms with van der Waals surface area (Å²) in [5.74, 6) is 0.135. The Morgan fingerprint density at radius 2 is 1.83 bits per heavy atom. The standard InChI is InChI=1S/C17H25N3O3S/c1-17(7-12-24(22,23)14-17)18-16(21)13-19-8-10-20(11-9-19)15-5-3-2-4-6-15/h2-6H,7-14H2,1H3,(H,18,21)/t17-/m0/s1. The molecule has 1 aromatic carbocycles. The molecule has 0 radical (unpaired) electrons. The smallest absolute Gasteiger partial charge is 0.234 e. The number of anilines is 1. The minimum atomic E-state index is -3.01. The summed E-state index contributed by atoms with van der Waals surface area (Å²) in [7, 11) is -3.01. The summed E-state index contributed by atoms with van der Waals surface area (Å²) in [4.78, 5) is 16.7. The van der Waals surface area contributed by atoms with Gasteiger partial charge in [0.25, 0.3) is 0 Å². The lowest BCUT2D eigenvalue weighted by Gasteiger charge is -2.36. The van der Waals surface area contributed by atoms with E-state index in [0.29, 0.717) is 13.0 Å². The SMILES string of the molecule is C[C@]1(NC(=O)CN2CCN(c3ccccc3)CC2)CCS(=O)(=O)C1. The zero-order chi connectivity index (χ0) is 17.2. The Morgan fingerprint density at radius 3 is 2.42 bits per heavy atom. The molecular weight excluding hydrogens is 326 g/mol. The molecule has 1 atom stereocenters. The average molecular weight is 351 g/mol. The van der Waals surface area contributed by atoms with Crippen molar-refractivity contribution in [2.75, 3.05) is 49.1 Å². The van der Waals surface area contributed by atoms with E-state index in [1.54, 1.807) is 0 Å². The first-order valence-corrected chi connectivity index (χ1v) is 10.2. The molecule has 0 saturated carbocycles. The molecule has 132 valence electrons. The van der Waals surface area contributed by atoms with Gasteiger partial charge in [0.2, 0.25) is 5.91 Å². The van der Waals surface area contributed by atoms with Crippen molar-refractivity contribution in [3.05, 3.63) is 30.3 Å². The molecule has 6 nitrogen and oxygen atoms in total. The molecule has 2 aliphatic rings. The number of hydrogen-bond donors (Lipinski definition) is 1. The molecule has 0 spiro atoms. The zero-order valence-electron chi connectivity index (χ0n) is 14.1. The molecule has 0 aromatic heterocycles. The summed E-state index contributed by atoms with van der Waals surface area (Å²) < 4.78 is 23.2. The summed E-state index contributed by atoms with van der Waals surface area (Å²) in [5, 5.41) is 2.93. The molecule has 0 bridgehead atoms. The molecule has 0 aliphatic carbocycles. The van der Waals surface area contributed by atoms with Crippen LogP contribution in [0.1, 0.15) is 13.3 Å². The molecule has 2 aliphatic heterocycles. The average Bonchev–Trinajstić information content (AvgIpc) is 2.82. The van der Waals surface area contributed by atoms with Gasteiger partial charge in [0.15, 0.2) is 9.84 Å². The number of hydrogen-bond acceptors (Lipinski definition) is 5. The molecule has 0 unspecified atom stereocenters. The maximum absolute atomic E-state index is 12.3. The van der Waals surface area contributed by atoms with E-state index in [0.717, 1.165) is 26.2 Å². The monoisotopic (exact) mass is 351 g/mol. The van der Waals surface area contributed by atoms with Crippen LogP contribution in [0.25, 0.3) is 0 Å². The van der Waals surface area contributed by atoms with Crippen molar-refractivity contribution in [2.24, 2.45) is 0 Å². The fourth-order valence-electron chi connectivity index (χ4n) is 3.49. The summed E-state index contributed by atoms with van der Waals surface area (Å²) in [6.07, 6.45) is 0.503. The van der Waals surface area contributed by atoms with Crippen LogP contribution in [0.15, 0.2) is 30.3 Å². The second kappa shape index (κ2) is 6.72. The van der Waals surface area contributed by atoms with Gasteiger partial charge in [-0.05, 0) is 25.5 Å². The highest BCUT2D eigenvalue weighted by Crippen LogP contribution is 2.22. The number of sulfone groups is 1. The first-order chi connectivity index (χ1) is 11.4. The van der Waals surface area contributed by atoms with Crippen molar-refractivity contribution in [1.29, 1.82) is 0 Å². The first kappa shape index (κ1) is 17.2. The van der Waals surface area contributed by atoms with Gasteiger partial charge in [-0.1, -0.05) is 18.2 Å². The van der Waals surface area contributed by atoms with Gasteiger partial charge in [0.1, 0.15) is 0 Å². The van der Waals surface area contributed by atoms with Gasteiger partial charge in [0.05, 0.1) is 23.6 Å². The Bertz CT molecular complexity index is 684. The van der Waals surface area contributed by atoms with Crippen molar-refractivity contribution < 1.29 is 13.2 Å². The highest BCUT2D eigenvalue weighted by molar-refractivity contribution is 7.91. The third-order valence-electron chi connectivity index (χ3n) is 4.81. The minimum Gasteiger partial charge on any atom is -0.369 e. The maximum atomic E-state index is 12.3. The van der Waals surface area contributed by atoms with Gasteiger partial charge in [0, 0.05) is 31.9 Å². The summed E-state index contributed by atoms with van der Waals surface area (Å²) in [6, 6.07) is 10.3. The van der Waals surface area contributed by atoms with E-state index < -0.39 is 15.4 Å². The Morgan fingerprint density at radius 1 is 1.17 bits per heavy atom. The fraction of sp³-hybridized carbons (Fsp3) is 0.588. The zero-order valence-corrected chi connectivity index (χ0v) is 14.9. The first-order valence-electron chi connectivity index (χ1n) is 8.39. The molecule has 24 heavy (non-hydrogen) atoms. The lowest BCUT2D eigenvalue weighted by atomic mass is 10.0. The number of carbonyl (C=O) groups is 1. The molecule has 2 saturated heterocycles.